The third kappa shape index (κ3) is 5.33. The zero-order valence-electron chi connectivity index (χ0n) is 8.34. The Morgan fingerprint density at radius 2 is 2.00 bits per heavy atom. The Morgan fingerprint density at radius 3 is 2.42 bits per heavy atom. The van der Waals surface area contributed by atoms with Crippen molar-refractivity contribution in [2.24, 2.45) is 11.8 Å². The first-order chi connectivity index (χ1) is 5.57. The predicted octanol–water partition coefficient (Wildman–Crippen LogP) is 1.84. The molecule has 0 spiro atoms. The van der Waals surface area contributed by atoms with Crippen LogP contribution in [0.3, 0.4) is 0 Å². The van der Waals surface area contributed by atoms with E-state index in [1.54, 1.807) is 0 Å². The smallest absolute Gasteiger partial charge is 0.0676 e. The van der Waals surface area contributed by atoms with Crippen molar-refractivity contribution in [1.82, 2.24) is 0 Å². The van der Waals surface area contributed by atoms with Crippen LogP contribution in [0.5, 0.6) is 0 Å². The van der Waals surface area contributed by atoms with Gasteiger partial charge in [-0.3, -0.25) is 0 Å². The van der Waals surface area contributed by atoms with Crippen LogP contribution in [0, 0.1) is 11.8 Å². The molecule has 0 fully saturated rings. The van der Waals surface area contributed by atoms with Gasteiger partial charge < -0.3 is 9.84 Å². The molecule has 0 aromatic carbocycles. The van der Waals surface area contributed by atoms with Crippen LogP contribution in [0.25, 0.3) is 0 Å². The Hall–Kier alpha value is -0.340. The highest BCUT2D eigenvalue weighted by Crippen LogP contribution is 2.07. The number of hydrogen-bond acceptors (Lipinski definition) is 2. The third-order valence-corrected chi connectivity index (χ3v) is 1.82. The zero-order valence-corrected chi connectivity index (χ0v) is 8.34. The van der Waals surface area contributed by atoms with E-state index in [0.29, 0.717) is 19.1 Å². The Balaban J connectivity index is 3.37. The highest BCUT2D eigenvalue weighted by Gasteiger charge is 2.02. The standard InChI is InChI=1S/C10H20O2/c1-8(2)10(4)7-12-6-9(3)5-11/h8-9,11H,4-7H2,1-3H3/t9-/m0/s1. The van der Waals surface area contributed by atoms with Gasteiger partial charge in [0.15, 0.2) is 0 Å². The van der Waals surface area contributed by atoms with Crippen molar-refractivity contribution in [3.8, 4) is 0 Å². The van der Waals surface area contributed by atoms with Crippen LogP contribution in [-0.4, -0.2) is 24.9 Å². The highest BCUT2D eigenvalue weighted by atomic mass is 16.5. The molecular weight excluding hydrogens is 152 g/mol. The van der Waals surface area contributed by atoms with E-state index >= 15 is 0 Å². The summed E-state index contributed by atoms with van der Waals surface area (Å²) in [6.07, 6.45) is 0. The molecule has 0 saturated carbocycles. The van der Waals surface area contributed by atoms with E-state index in [0.717, 1.165) is 5.57 Å². The van der Waals surface area contributed by atoms with E-state index in [2.05, 4.69) is 20.4 Å². The molecule has 2 nitrogen and oxygen atoms in total. The van der Waals surface area contributed by atoms with Gasteiger partial charge in [0.05, 0.1) is 13.2 Å². The summed E-state index contributed by atoms with van der Waals surface area (Å²) >= 11 is 0. The van der Waals surface area contributed by atoms with Crippen LogP contribution >= 0.6 is 0 Å². The third-order valence-electron chi connectivity index (χ3n) is 1.82. The molecule has 0 amide bonds. The lowest BCUT2D eigenvalue weighted by Crippen LogP contribution is -2.12. The first kappa shape index (κ1) is 11.7. The average Bonchev–Trinajstić information content (AvgIpc) is 2.03. The van der Waals surface area contributed by atoms with Gasteiger partial charge in [-0.15, -0.1) is 0 Å². The minimum absolute atomic E-state index is 0.189. The summed E-state index contributed by atoms with van der Waals surface area (Å²) in [7, 11) is 0. The molecule has 0 unspecified atom stereocenters. The van der Waals surface area contributed by atoms with Crippen molar-refractivity contribution in [2.75, 3.05) is 19.8 Å². The summed E-state index contributed by atoms with van der Waals surface area (Å²) in [6.45, 7) is 11.5. The molecule has 0 radical (unpaired) electrons. The Bertz CT molecular complexity index is 130. The average molecular weight is 172 g/mol. The fourth-order valence-corrected chi connectivity index (χ4v) is 0.611. The topological polar surface area (TPSA) is 29.5 Å². The molecule has 0 aliphatic carbocycles. The summed E-state index contributed by atoms with van der Waals surface area (Å²) in [4.78, 5) is 0. The fraction of sp³-hybridized carbons (Fsp3) is 0.800. The summed E-state index contributed by atoms with van der Waals surface area (Å²) in [5, 5.41) is 8.71. The van der Waals surface area contributed by atoms with E-state index in [-0.39, 0.29) is 12.5 Å². The van der Waals surface area contributed by atoms with Gasteiger partial charge in [0.25, 0.3) is 0 Å². The number of aliphatic hydroxyl groups is 1. The molecule has 0 bridgehead atoms. The van der Waals surface area contributed by atoms with Gasteiger partial charge in [0.2, 0.25) is 0 Å². The van der Waals surface area contributed by atoms with Gasteiger partial charge in [-0.1, -0.05) is 27.4 Å². The van der Waals surface area contributed by atoms with Gasteiger partial charge in [-0.2, -0.15) is 0 Å². The highest BCUT2D eigenvalue weighted by molar-refractivity contribution is 4.97. The molecule has 72 valence electrons. The molecule has 12 heavy (non-hydrogen) atoms. The predicted molar refractivity (Wildman–Crippen MR) is 51.0 cm³/mol. The SMILES string of the molecule is C=C(COC[C@@H](C)CO)C(C)C. The van der Waals surface area contributed by atoms with Crippen LogP contribution in [-0.2, 0) is 4.74 Å². The molecule has 1 atom stereocenters. The van der Waals surface area contributed by atoms with Crippen molar-refractivity contribution < 1.29 is 9.84 Å². The first-order valence-corrected chi connectivity index (χ1v) is 4.44. The Morgan fingerprint density at radius 1 is 1.42 bits per heavy atom. The van der Waals surface area contributed by atoms with E-state index in [1.807, 2.05) is 6.92 Å². The summed E-state index contributed by atoms with van der Waals surface area (Å²) in [5.74, 6) is 0.708. The van der Waals surface area contributed by atoms with Crippen molar-refractivity contribution in [3.63, 3.8) is 0 Å². The van der Waals surface area contributed by atoms with E-state index in [1.165, 1.54) is 0 Å². The molecule has 0 rings (SSSR count). The molecular formula is C10H20O2. The second-order valence-electron chi connectivity index (χ2n) is 3.62. The van der Waals surface area contributed by atoms with Crippen LogP contribution in [0.4, 0.5) is 0 Å². The molecule has 0 aromatic rings. The van der Waals surface area contributed by atoms with Gasteiger partial charge >= 0.3 is 0 Å². The van der Waals surface area contributed by atoms with Crippen molar-refractivity contribution in [3.05, 3.63) is 12.2 Å². The number of hydrogen-bond donors (Lipinski definition) is 1. The minimum Gasteiger partial charge on any atom is -0.396 e. The first-order valence-electron chi connectivity index (χ1n) is 4.44. The largest absolute Gasteiger partial charge is 0.396 e. The van der Waals surface area contributed by atoms with Crippen molar-refractivity contribution in [2.45, 2.75) is 20.8 Å². The van der Waals surface area contributed by atoms with Gasteiger partial charge in [-0.25, -0.2) is 0 Å². The maximum absolute atomic E-state index is 8.71. The molecule has 0 aromatic heterocycles. The Kier molecular flexibility index (Phi) is 6.03. The number of aliphatic hydroxyl groups excluding tert-OH is 1. The molecule has 2 heteroatoms. The second kappa shape index (κ2) is 6.21. The lowest BCUT2D eigenvalue weighted by atomic mass is 10.1. The molecule has 0 aliphatic heterocycles. The normalized spacial score (nSPS) is 13.4. The lowest BCUT2D eigenvalue weighted by molar-refractivity contribution is 0.0913. The molecule has 1 N–H and O–H groups in total. The van der Waals surface area contributed by atoms with Gasteiger partial charge in [-0.05, 0) is 11.5 Å². The minimum atomic E-state index is 0.189. The van der Waals surface area contributed by atoms with Crippen LogP contribution in [0.1, 0.15) is 20.8 Å². The van der Waals surface area contributed by atoms with Gasteiger partial charge in [0.1, 0.15) is 0 Å². The van der Waals surface area contributed by atoms with Gasteiger partial charge in [0, 0.05) is 12.5 Å². The number of rotatable bonds is 6. The number of ether oxygens (including phenoxy) is 1. The quantitative estimate of drug-likeness (QED) is 0.619. The van der Waals surface area contributed by atoms with Crippen LogP contribution < -0.4 is 0 Å². The van der Waals surface area contributed by atoms with Crippen molar-refractivity contribution in [1.29, 1.82) is 0 Å². The zero-order chi connectivity index (χ0) is 9.56. The maximum Gasteiger partial charge on any atom is 0.0676 e. The lowest BCUT2D eigenvalue weighted by Gasteiger charge is -2.12. The summed E-state index contributed by atoms with van der Waals surface area (Å²) in [6, 6.07) is 0. The maximum atomic E-state index is 8.71. The van der Waals surface area contributed by atoms with Crippen LogP contribution in [0.15, 0.2) is 12.2 Å². The van der Waals surface area contributed by atoms with E-state index < -0.39 is 0 Å². The van der Waals surface area contributed by atoms with E-state index in [4.69, 9.17) is 9.84 Å². The fourth-order valence-electron chi connectivity index (χ4n) is 0.611. The van der Waals surface area contributed by atoms with Crippen molar-refractivity contribution >= 4 is 0 Å². The monoisotopic (exact) mass is 172 g/mol. The Labute approximate surface area is 75.2 Å². The summed E-state index contributed by atoms with van der Waals surface area (Å²) < 4.78 is 5.35. The molecule has 0 saturated heterocycles. The second-order valence-corrected chi connectivity index (χ2v) is 3.62. The molecule has 0 aliphatic rings. The molecule has 0 heterocycles. The van der Waals surface area contributed by atoms with E-state index in [9.17, 15) is 0 Å². The summed E-state index contributed by atoms with van der Waals surface area (Å²) in [5.41, 5.74) is 1.11. The van der Waals surface area contributed by atoms with Crippen LogP contribution in [0.2, 0.25) is 0 Å².